The Morgan fingerprint density at radius 2 is 1.95 bits per heavy atom. The van der Waals surface area contributed by atoms with E-state index in [2.05, 4.69) is 12.2 Å². The third-order valence-electron chi connectivity index (χ3n) is 4.08. The summed E-state index contributed by atoms with van der Waals surface area (Å²) in [7, 11) is 0. The molecule has 1 aliphatic carbocycles. The summed E-state index contributed by atoms with van der Waals surface area (Å²) < 4.78 is 5.92. The molecule has 0 aliphatic heterocycles. The molecule has 1 saturated carbocycles. The highest BCUT2D eigenvalue weighted by Crippen LogP contribution is 2.39. The van der Waals surface area contributed by atoms with Crippen molar-refractivity contribution in [3.05, 3.63) is 59.7 Å². The van der Waals surface area contributed by atoms with Crippen molar-refractivity contribution < 1.29 is 9.53 Å². The molecule has 3 rings (SSSR count). The summed E-state index contributed by atoms with van der Waals surface area (Å²) in [5, 5.41) is 3.00. The first-order chi connectivity index (χ1) is 10.6. The van der Waals surface area contributed by atoms with E-state index in [0.717, 1.165) is 29.0 Å². The fourth-order valence-corrected chi connectivity index (χ4v) is 2.50. The lowest BCUT2D eigenvalue weighted by Gasteiger charge is -2.13. The molecule has 0 spiro atoms. The first-order valence-electron chi connectivity index (χ1n) is 7.72. The van der Waals surface area contributed by atoms with E-state index in [-0.39, 0.29) is 11.8 Å². The summed E-state index contributed by atoms with van der Waals surface area (Å²) in [6, 6.07) is 15.9. The zero-order valence-corrected chi connectivity index (χ0v) is 13.0. The van der Waals surface area contributed by atoms with Gasteiger partial charge in [0.25, 0.3) is 0 Å². The number of nitrogens with one attached hydrogen (secondary N) is 1. The van der Waals surface area contributed by atoms with E-state index >= 15 is 0 Å². The minimum atomic E-state index is 0.0981. The molecule has 1 fully saturated rings. The molecule has 1 amide bonds. The van der Waals surface area contributed by atoms with Crippen LogP contribution in [0.2, 0.25) is 0 Å². The molecule has 0 heterocycles. The SMILES string of the molecule is Cc1ccc(NC(=O)[C@@H]2C[C@@H]2C)c(OCc2ccccc2)c1. The third-order valence-corrected chi connectivity index (χ3v) is 4.08. The number of benzene rings is 2. The second-order valence-electron chi connectivity index (χ2n) is 6.08. The lowest BCUT2D eigenvalue weighted by molar-refractivity contribution is -0.117. The molecule has 2 aromatic carbocycles. The zero-order valence-electron chi connectivity index (χ0n) is 13.0. The van der Waals surface area contributed by atoms with Crippen molar-refractivity contribution in [1.82, 2.24) is 0 Å². The highest BCUT2D eigenvalue weighted by Gasteiger charge is 2.39. The predicted octanol–water partition coefficient (Wildman–Crippen LogP) is 4.17. The van der Waals surface area contributed by atoms with Crippen LogP contribution in [0.4, 0.5) is 5.69 Å². The molecule has 1 N–H and O–H groups in total. The standard InChI is InChI=1S/C19H21NO2/c1-13-8-9-17(20-19(21)16-11-14(16)2)18(10-13)22-12-15-6-4-3-5-7-15/h3-10,14,16H,11-12H2,1-2H3,(H,20,21)/t14-,16+/m0/s1. The van der Waals surface area contributed by atoms with Gasteiger partial charge in [-0.2, -0.15) is 0 Å². The Labute approximate surface area is 131 Å². The number of rotatable bonds is 5. The minimum Gasteiger partial charge on any atom is -0.487 e. The van der Waals surface area contributed by atoms with Crippen LogP contribution in [0.3, 0.4) is 0 Å². The second-order valence-corrected chi connectivity index (χ2v) is 6.08. The molecule has 2 aromatic rings. The lowest BCUT2D eigenvalue weighted by Crippen LogP contribution is -2.15. The number of carbonyl (C=O) groups excluding carboxylic acids is 1. The number of hydrogen-bond acceptors (Lipinski definition) is 2. The van der Waals surface area contributed by atoms with Crippen molar-refractivity contribution in [2.75, 3.05) is 5.32 Å². The Kier molecular flexibility index (Phi) is 4.14. The van der Waals surface area contributed by atoms with Gasteiger partial charge in [0, 0.05) is 5.92 Å². The molecular weight excluding hydrogens is 274 g/mol. The summed E-state index contributed by atoms with van der Waals surface area (Å²) >= 11 is 0. The number of carbonyl (C=O) groups is 1. The molecule has 2 atom stereocenters. The van der Waals surface area contributed by atoms with Crippen LogP contribution in [0, 0.1) is 18.8 Å². The fourth-order valence-electron chi connectivity index (χ4n) is 2.50. The second kappa shape index (κ2) is 6.22. The van der Waals surface area contributed by atoms with Gasteiger partial charge in [-0.05, 0) is 42.5 Å². The minimum absolute atomic E-state index is 0.0981. The molecule has 0 radical (unpaired) electrons. The number of ether oxygens (including phenoxy) is 1. The highest BCUT2D eigenvalue weighted by atomic mass is 16.5. The van der Waals surface area contributed by atoms with Crippen molar-refractivity contribution in [3.63, 3.8) is 0 Å². The normalized spacial score (nSPS) is 19.5. The summed E-state index contributed by atoms with van der Waals surface area (Å²) in [5.41, 5.74) is 2.98. The van der Waals surface area contributed by atoms with Gasteiger partial charge in [-0.15, -0.1) is 0 Å². The van der Waals surface area contributed by atoms with Gasteiger partial charge in [0.2, 0.25) is 5.91 Å². The zero-order chi connectivity index (χ0) is 15.5. The average molecular weight is 295 g/mol. The Morgan fingerprint density at radius 3 is 2.64 bits per heavy atom. The number of hydrogen-bond donors (Lipinski definition) is 1. The largest absolute Gasteiger partial charge is 0.487 e. The monoisotopic (exact) mass is 295 g/mol. The molecule has 22 heavy (non-hydrogen) atoms. The molecule has 1 aliphatic rings. The Bertz CT molecular complexity index is 666. The molecule has 0 saturated heterocycles. The van der Waals surface area contributed by atoms with Crippen molar-refractivity contribution in [3.8, 4) is 5.75 Å². The van der Waals surface area contributed by atoms with Crippen LogP contribution in [0.25, 0.3) is 0 Å². The average Bonchev–Trinajstić information content (AvgIpc) is 3.25. The van der Waals surface area contributed by atoms with Crippen molar-refractivity contribution >= 4 is 11.6 Å². The summed E-state index contributed by atoms with van der Waals surface area (Å²) in [5.74, 6) is 1.48. The lowest BCUT2D eigenvalue weighted by atomic mass is 10.2. The maximum Gasteiger partial charge on any atom is 0.227 e. The fraction of sp³-hybridized carbons (Fsp3) is 0.316. The number of anilines is 1. The quantitative estimate of drug-likeness (QED) is 0.899. The molecule has 0 aromatic heterocycles. The van der Waals surface area contributed by atoms with Gasteiger partial charge < -0.3 is 10.1 Å². The first kappa shape index (κ1) is 14.6. The molecule has 3 heteroatoms. The Balaban J connectivity index is 1.71. The van der Waals surface area contributed by atoms with Crippen LogP contribution < -0.4 is 10.1 Å². The van der Waals surface area contributed by atoms with Gasteiger partial charge in [0.1, 0.15) is 12.4 Å². The van der Waals surface area contributed by atoms with Crippen LogP contribution in [0.1, 0.15) is 24.5 Å². The van der Waals surface area contributed by atoms with Crippen molar-refractivity contribution in [2.45, 2.75) is 26.9 Å². The van der Waals surface area contributed by atoms with Crippen molar-refractivity contribution in [1.29, 1.82) is 0 Å². The topological polar surface area (TPSA) is 38.3 Å². The molecule has 0 unspecified atom stereocenters. The van der Waals surface area contributed by atoms with E-state index in [1.807, 2.05) is 55.5 Å². The highest BCUT2D eigenvalue weighted by molar-refractivity contribution is 5.95. The van der Waals surface area contributed by atoms with Crippen LogP contribution in [-0.4, -0.2) is 5.91 Å². The summed E-state index contributed by atoms with van der Waals surface area (Å²) in [6.45, 7) is 4.61. The number of aryl methyl sites for hydroxylation is 1. The molecule has 114 valence electrons. The summed E-state index contributed by atoms with van der Waals surface area (Å²) in [6.07, 6.45) is 0.984. The van der Waals surface area contributed by atoms with E-state index in [1.54, 1.807) is 0 Å². The van der Waals surface area contributed by atoms with Crippen LogP contribution in [0.15, 0.2) is 48.5 Å². The van der Waals surface area contributed by atoms with Gasteiger partial charge in [-0.1, -0.05) is 43.3 Å². The van der Waals surface area contributed by atoms with Gasteiger partial charge in [-0.25, -0.2) is 0 Å². The smallest absolute Gasteiger partial charge is 0.227 e. The van der Waals surface area contributed by atoms with E-state index < -0.39 is 0 Å². The van der Waals surface area contributed by atoms with Crippen molar-refractivity contribution in [2.24, 2.45) is 11.8 Å². The third kappa shape index (κ3) is 3.48. The van der Waals surface area contributed by atoms with Gasteiger partial charge in [-0.3, -0.25) is 4.79 Å². The van der Waals surface area contributed by atoms with Gasteiger partial charge >= 0.3 is 0 Å². The number of amides is 1. The Hall–Kier alpha value is -2.29. The maximum atomic E-state index is 12.1. The van der Waals surface area contributed by atoms with Crippen LogP contribution >= 0.6 is 0 Å². The maximum absolute atomic E-state index is 12.1. The summed E-state index contributed by atoms with van der Waals surface area (Å²) in [4.78, 5) is 12.1. The van der Waals surface area contributed by atoms with Gasteiger partial charge in [0.15, 0.2) is 0 Å². The first-order valence-corrected chi connectivity index (χ1v) is 7.72. The van der Waals surface area contributed by atoms with Gasteiger partial charge in [0.05, 0.1) is 5.69 Å². The van der Waals surface area contributed by atoms with E-state index in [0.29, 0.717) is 12.5 Å². The molecular formula is C19H21NO2. The molecule has 0 bridgehead atoms. The van der Waals surface area contributed by atoms with E-state index in [9.17, 15) is 4.79 Å². The van der Waals surface area contributed by atoms with E-state index in [4.69, 9.17) is 4.74 Å². The Morgan fingerprint density at radius 1 is 1.23 bits per heavy atom. The predicted molar refractivity (Wildman–Crippen MR) is 87.9 cm³/mol. The molecule has 3 nitrogen and oxygen atoms in total. The van der Waals surface area contributed by atoms with E-state index in [1.165, 1.54) is 0 Å². The van der Waals surface area contributed by atoms with Crippen LogP contribution in [0.5, 0.6) is 5.75 Å². The van der Waals surface area contributed by atoms with Crippen LogP contribution in [-0.2, 0) is 11.4 Å².